The van der Waals surface area contributed by atoms with Gasteiger partial charge in [-0.15, -0.1) is 0 Å². The topological polar surface area (TPSA) is 54.9 Å². The molecule has 0 spiro atoms. The third-order valence-corrected chi connectivity index (χ3v) is 5.21. The average Bonchev–Trinajstić information content (AvgIpc) is 3.11. The molecule has 1 aromatic carbocycles. The normalized spacial score (nSPS) is 22.2. The summed E-state index contributed by atoms with van der Waals surface area (Å²) >= 11 is 0. The maximum Gasteiger partial charge on any atom is 0.191 e. The van der Waals surface area contributed by atoms with Gasteiger partial charge in [0.15, 0.2) is 17.5 Å². The molecular weight excluding hydrogens is 290 g/mol. The quantitative estimate of drug-likeness (QED) is 0.898. The van der Waals surface area contributed by atoms with Gasteiger partial charge in [0.25, 0.3) is 0 Å². The van der Waals surface area contributed by atoms with Gasteiger partial charge in [-0.05, 0) is 37.0 Å². The number of ether oxygens (including phenoxy) is 2. The first-order valence-electron chi connectivity index (χ1n) is 8.78. The molecule has 1 aromatic rings. The molecule has 23 heavy (non-hydrogen) atoms. The van der Waals surface area contributed by atoms with Crippen LogP contribution in [0.1, 0.15) is 37.7 Å². The molecule has 0 atom stereocenters. The van der Waals surface area contributed by atoms with E-state index in [0.717, 1.165) is 43.5 Å². The molecule has 0 saturated heterocycles. The molecule has 0 amide bonds. The lowest BCUT2D eigenvalue weighted by Gasteiger charge is -2.32. The van der Waals surface area contributed by atoms with Crippen LogP contribution in [0.15, 0.2) is 23.2 Å². The number of nitrogens with zero attached hydrogens (tertiary/aromatic N) is 1. The minimum atomic E-state index is 0.178. The van der Waals surface area contributed by atoms with Crippen molar-refractivity contribution >= 4 is 5.96 Å². The van der Waals surface area contributed by atoms with Crippen LogP contribution in [0.5, 0.6) is 11.5 Å². The second kappa shape index (κ2) is 6.30. The van der Waals surface area contributed by atoms with Crippen molar-refractivity contribution < 1.29 is 9.47 Å². The molecule has 3 aliphatic rings. The molecular formula is C18H25N3O2. The fraction of sp³-hybridized carbons (Fsp3) is 0.611. The first-order chi connectivity index (χ1) is 11.4. The highest BCUT2D eigenvalue weighted by molar-refractivity contribution is 5.80. The van der Waals surface area contributed by atoms with Crippen LogP contribution < -0.4 is 20.1 Å². The zero-order valence-electron chi connectivity index (χ0n) is 13.6. The van der Waals surface area contributed by atoms with Crippen LogP contribution >= 0.6 is 0 Å². The van der Waals surface area contributed by atoms with Crippen LogP contribution in [0.3, 0.4) is 0 Å². The standard InChI is InChI=1S/C18H25N3O2/c1-2-7-18(6-1,13-21-17-19-8-3-9-20-17)14-4-5-15-16(12-14)23-11-10-22-15/h4-5,12H,1-3,6-11,13H2,(H2,19,20,21). The third kappa shape index (κ3) is 2.96. The number of hydrogen-bond acceptors (Lipinski definition) is 5. The van der Waals surface area contributed by atoms with Crippen molar-refractivity contribution in [2.75, 3.05) is 32.8 Å². The number of hydrogen-bond donors (Lipinski definition) is 2. The van der Waals surface area contributed by atoms with Crippen molar-refractivity contribution in [2.45, 2.75) is 37.5 Å². The summed E-state index contributed by atoms with van der Waals surface area (Å²) in [4.78, 5) is 4.54. The molecule has 0 unspecified atom stereocenters. The molecule has 5 nitrogen and oxygen atoms in total. The summed E-state index contributed by atoms with van der Waals surface area (Å²) in [7, 11) is 0. The van der Waals surface area contributed by atoms with Gasteiger partial charge in [-0.1, -0.05) is 18.9 Å². The van der Waals surface area contributed by atoms with Gasteiger partial charge >= 0.3 is 0 Å². The number of rotatable bonds is 3. The Kier molecular flexibility index (Phi) is 4.02. The monoisotopic (exact) mass is 315 g/mol. The van der Waals surface area contributed by atoms with Gasteiger partial charge in [-0.2, -0.15) is 0 Å². The van der Waals surface area contributed by atoms with Crippen LogP contribution in [0, 0.1) is 0 Å². The minimum absolute atomic E-state index is 0.178. The summed E-state index contributed by atoms with van der Waals surface area (Å²) in [5, 5.41) is 6.91. The largest absolute Gasteiger partial charge is 0.486 e. The molecule has 124 valence electrons. The Morgan fingerprint density at radius 1 is 1.09 bits per heavy atom. The van der Waals surface area contributed by atoms with Gasteiger partial charge in [0.1, 0.15) is 13.2 Å². The lowest BCUT2D eigenvalue weighted by atomic mass is 9.78. The van der Waals surface area contributed by atoms with E-state index in [4.69, 9.17) is 9.47 Å². The number of guanidine groups is 1. The lowest BCUT2D eigenvalue weighted by Crippen LogP contribution is -2.46. The highest BCUT2D eigenvalue weighted by Crippen LogP contribution is 2.43. The fourth-order valence-electron chi connectivity index (χ4n) is 3.90. The molecule has 1 aliphatic carbocycles. The molecule has 2 heterocycles. The van der Waals surface area contributed by atoms with Crippen LogP contribution in [0.4, 0.5) is 0 Å². The molecule has 2 N–H and O–H groups in total. The highest BCUT2D eigenvalue weighted by atomic mass is 16.6. The predicted molar refractivity (Wildman–Crippen MR) is 90.5 cm³/mol. The molecule has 1 saturated carbocycles. The van der Waals surface area contributed by atoms with Crippen molar-refractivity contribution in [1.29, 1.82) is 0 Å². The van der Waals surface area contributed by atoms with E-state index >= 15 is 0 Å². The lowest BCUT2D eigenvalue weighted by molar-refractivity contribution is 0.171. The van der Waals surface area contributed by atoms with Gasteiger partial charge in [-0.3, -0.25) is 4.99 Å². The van der Waals surface area contributed by atoms with Gasteiger partial charge in [0.2, 0.25) is 0 Å². The SMILES string of the molecule is c1cc2c(cc1C1(CNC3=NCCCN3)CCCC1)OCCO2. The third-order valence-electron chi connectivity index (χ3n) is 5.21. The highest BCUT2D eigenvalue weighted by Gasteiger charge is 2.36. The van der Waals surface area contributed by atoms with E-state index in [2.05, 4.69) is 33.8 Å². The molecule has 2 aliphatic heterocycles. The van der Waals surface area contributed by atoms with E-state index in [1.807, 2.05) is 0 Å². The van der Waals surface area contributed by atoms with Crippen LogP contribution in [0.2, 0.25) is 0 Å². The van der Waals surface area contributed by atoms with E-state index < -0.39 is 0 Å². The van der Waals surface area contributed by atoms with E-state index in [0.29, 0.717) is 13.2 Å². The fourth-order valence-corrected chi connectivity index (χ4v) is 3.90. The average molecular weight is 315 g/mol. The summed E-state index contributed by atoms with van der Waals surface area (Å²) < 4.78 is 11.4. The molecule has 0 bridgehead atoms. The summed E-state index contributed by atoms with van der Waals surface area (Å²) in [6.07, 6.45) is 6.13. The van der Waals surface area contributed by atoms with Crippen LogP contribution in [-0.2, 0) is 5.41 Å². The Balaban J connectivity index is 1.55. The summed E-state index contributed by atoms with van der Waals surface area (Å²) in [5.74, 6) is 2.73. The molecule has 0 aromatic heterocycles. The van der Waals surface area contributed by atoms with Crippen molar-refractivity contribution in [2.24, 2.45) is 4.99 Å². The van der Waals surface area contributed by atoms with E-state index in [1.54, 1.807) is 0 Å². The summed E-state index contributed by atoms with van der Waals surface area (Å²) in [6, 6.07) is 6.48. The zero-order valence-corrected chi connectivity index (χ0v) is 13.6. The maximum absolute atomic E-state index is 5.78. The van der Waals surface area contributed by atoms with Gasteiger partial charge in [0.05, 0.1) is 0 Å². The Labute approximate surface area is 137 Å². The van der Waals surface area contributed by atoms with E-state index in [-0.39, 0.29) is 5.41 Å². The molecule has 0 radical (unpaired) electrons. The van der Waals surface area contributed by atoms with E-state index in [9.17, 15) is 0 Å². The Bertz CT molecular complexity index is 594. The predicted octanol–water partition coefficient (Wildman–Crippen LogP) is 2.21. The Hall–Kier alpha value is -1.91. The van der Waals surface area contributed by atoms with Gasteiger partial charge < -0.3 is 20.1 Å². The molecule has 4 rings (SSSR count). The first-order valence-corrected chi connectivity index (χ1v) is 8.78. The van der Waals surface area contributed by atoms with Crippen molar-refractivity contribution in [1.82, 2.24) is 10.6 Å². The van der Waals surface area contributed by atoms with Gasteiger partial charge in [0, 0.05) is 25.0 Å². The van der Waals surface area contributed by atoms with Crippen molar-refractivity contribution in [3.63, 3.8) is 0 Å². The molecule has 1 fully saturated rings. The zero-order chi connectivity index (χ0) is 15.5. The maximum atomic E-state index is 5.78. The second-order valence-corrected chi connectivity index (χ2v) is 6.71. The number of nitrogens with one attached hydrogen (secondary N) is 2. The van der Waals surface area contributed by atoms with Crippen LogP contribution in [-0.4, -0.2) is 38.8 Å². The number of fused-ring (bicyclic) bond motifs is 1. The minimum Gasteiger partial charge on any atom is -0.486 e. The smallest absolute Gasteiger partial charge is 0.191 e. The molecule has 5 heteroatoms. The number of benzene rings is 1. The Morgan fingerprint density at radius 2 is 1.91 bits per heavy atom. The Morgan fingerprint density at radius 3 is 2.70 bits per heavy atom. The second-order valence-electron chi connectivity index (χ2n) is 6.71. The summed E-state index contributed by atoms with van der Waals surface area (Å²) in [5.41, 5.74) is 1.54. The van der Waals surface area contributed by atoms with Crippen molar-refractivity contribution in [3.8, 4) is 11.5 Å². The van der Waals surface area contributed by atoms with E-state index in [1.165, 1.54) is 31.2 Å². The number of aliphatic imine (C=N–C) groups is 1. The van der Waals surface area contributed by atoms with Crippen LogP contribution in [0.25, 0.3) is 0 Å². The van der Waals surface area contributed by atoms with Crippen molar-refractivity contribution in [3.05, 3.63) is 23.8 Å². The first kappa shape index (κ1) is 14.7. The summed E-state index contributed by atoms with van der Waals surface area (Å²) in [6.45, 7) is 4.15. The van der Waals surface area contributed by atoms with Gasteiger partial charge in [-0.25, -0.2) is 0 Å².